The van der Waals surface area contributed by atoms with Gasteiger partial charge in [0.15, 0.2) is 5.82 Å². The molecule has 0 N–H and O–H groups in total. The highest BCUT2D eigenvalue weighted by Gasteiger charge is 2.24. The first-order chi connectivity index (χ1) is 10.8. The standard InChI is InChI=1S/C16H17N3O3/c1-19-13-8-12(20-2)4-3-10(13)7-14(19)16-17-15(18-22-16)11-5-6-21-9-11/h3-4,7-8,11H,5-6,9H2,1-2H3/t11-/m0/s1. The van der Waals surface area contributed by atoms with Gasteiger partial charge in [0.2, 0.25) is 0 Å². The van der Waals surface area contributed by atoms with E-state index in [9.17, 15) is 0 Å². The van der Waals surface area contributed by atoms with Crippen molar-refractivity contribution in [3.63, 3.8) is 0 Å². The number of rotatable bonds is 3. The fourth-order valence-corrected chi connectivity index (χ4v) is 2.88. The van der Waals surface area contributed by atoms with Crippen molar-refractivity contribution in [2.75, 3.05) is 20.3 Å². The van der Waals surface area contributed by atoms with Gasteiger partial charge in [0.25, 0.3) is 5.89 Å². The van der Waals surface area contributed by atoms with Crippen molar-refractivity contribution in [3.05, 3.63) is 30.1 Å². The van der Waals surface area contributed by atoms with E-state index >= 15 is 0 Å². The lowest BCUT2D eigenvalue weighted by Gasteiger charge is -2.02. The molecule has 6 nitrogen and oxygen atoms in total. The Bertz CT molecular complexity index is 815. The molecule has 0 unspecified atom stereocenters. The number of fused-ring (bicyclic) bond motifs is 1. The first kappa shape index (κ1) is 13.3. The predicted octanol–water partition coefficient (Wildman–Crippen LogP) is 2.74. The summed E-state index contributed by atoms with van der Waals surface area (Å²) in [7, 11) is 3.65. The predicted molar refractivity (Wildman–Crippen MR) is 80.9 cm³/mol. The molecule has 22 heavy (non-hydrogen) atoms. The fourth-order valence-electron chi connectivity index (χ4n) is 2.88. The lowest BCUT2D eigenvalue weighted by molar-refractivity contribution is 0.192. The van der Waals surface area contributed by atoms with E-state index < -0.39 is 0 Å². The third kappa shape index (κ3) is 2.07. The second-order valence-corrected chi connectivity index (χ2v) is 5.53. The largest absolute Gasteiger partial charge is 0.497 e. The van der Waals surface area contributed by atoms with Crippen LogP contribution in [0.15, 0.2) is 28.8 Å². The molecule has 1 fully saturated rings. The Labute approximate surface area is 127 Å². The minimum atomic E-state index is 0.243. The van der Waals surface area contributed by atoms with Gasteiger partial charge in [0.1, 0.15) is 11.4 Å². The van der Waals surface area contributed by atoms with Crippen LogP contribution in [0, 0.1) is 0 Å². The van der Waals surface area contributed by atoms with Crippen LogP contribution in [0.2, 0.25) is 0 Å². The van der Waals surface area contributed by atoms with E-state index in [1.165, 1.54) is 0 Å². The molecular weight excluding hydrogens is 282 g/mol. The minimum absolute atomic E-state index is 0.243. The third-order valence-corrected chi connectivity index (χ3v) is 4.21. The van der Waals surface area contributed by atoms with Crippen molar-refractivity contribution in [2.45, 2.75) is 12.3 Å². The van der Waals surface area contributed by atoms with E-state index in [0.717, 1.165) is 41.2 Å². The van der Waals surface area contributed by atoms with Crippen molar-refractivity contribution in [1.82, 2.24) is 14.7 Å². The van der Waals surface area contributed by atoms with E-state index in [1.54, 1.807) is 7.11 Å². The van der Waals surface area contributed by atoms with E-state index in [2.05, 4.69) is 16.2 Å². The Morgan fingerprint density at radius 2 is 2.23 bits per heavy atom. The Hall–Kier alpha value is -2.34. The molecule has 0 radical (unpaired) electrons. The van der Waals surface area contributed by atoms with Crippen LogP contribution in [0.1, 0.15) is 18.2 Å². The molecule has 2 aromatic heterocycles. The van der Waals surface area contributed by atoms with Crippen molar-refractivity contribution >= 4 is 10.9 Å². The van der Waals surface area contributed by atoms with Gasteiger partial charge in [-0.2, -0.15) is 4.98 Å². The summed E-state index contributed by atoms with van der Waals surface area (Å²) in [5, 5.41) is 5.23. The Balaban J connectivity index is 1.75. The highest BCUT2D eigenvalue weighted by Crippen LogP contribution is 2.30. The van der Waals surface area contributed by atoms with Crippen LogP contribution < -0.4 is 4.74 Å². The van der Waals surface area contributed by atoms with Gasteiger partial charge in [-0.3, -0.25) is 0 Å². The number of hydrogen-bond donors (Lipinski definition) is 0. The molecule has 1 aromatic carbocycles. The summed E-state index contributed by atoms with van der Waals surface area (Å²) < 4.78 is 18.2. The molecule has 114 valence electrons. The summed E-state index contributed by atoms with van der Waals surface area (Å²) in [6.45, 7) is 1.44. The molecule has 4 rings (SSSR count). The number of nitrogens with zero attached hydrogens (tertiary/aromatic N) is 3. The van der Waals surface area contributed by atoms with Crippen molar-refractivity contribution < 1.29 is 14.0 Å². The van der Waals surface area contributed by atoms with Gasteiger partial charge in [0, 0.05) is 31.0 Å². The molecule has 0 aliphatic carbocycles. The topological polar surface area (TPSA) is 62.3 Å². The van der Waals surface area contributed by atoms with Gasteiger partial charge in [-0.25, -0.2) is 0 Å². The zero-order valence-corrected chi connectivity index (χ0v) is 12.6. The van der Waals surface area contributed by atoms with Crippen molar-refractivity contribution in [2.24, 2.45) is 7.05 Å². The molecule has 0 spiro atoms. The first-order valence-electron chi connectivity index (χ1n) is 7.31. The molecule has 0 saturated carbocycles. The number of aromatic nitrogens is 3. The molecule has 1 saturated heterocycles. The lowest BCUT2D eigenvalue weighted by Crippen LogP contribution is -2.00. The van der Waals surface area contributed by atoms with Gasteiger partial charge in [-0.05, 0) is 24.6 Å². The van der Waals surface area contributed by atoms with E-state index in [1.807, 2.05) is 29.8 Å². The quantitative estimate of drug-likeness (QED) is 0.744. The lowest BCUT2D eigenvalue weighted by atomic mass is 10.1. The summed E-state index contributed by atoms with van der Waals surface area (Å²) >= 11 is 0. The molecule has 1 aliphatic heterocycles. The minimum Gasteiger partial charge on any atom is -0.497 e. The number of ether oxygens (including phenoxy) is 2. The van der Waals surface area contributed by atoms with E-state index in [0.29, 0.717) is 12.5 Å². The fraction of sp³-hybridized carbons (Fsp3) is 0.375. The zero-order valence-electron chi connectivity index (χ0n) is 12.6. The Morgan fingerprint density at radius 1 is 1.32 bits per heavy atom. The average Bonchev–Trinajstić information content (AvgIpc) is 3.26. The normalized spacial score (nSPS) is 18.2. The summed E-state index contributed by atoms with van der Waals surface area (Å²) in [4.78, 5) is 4.55. The molecule has 6 heteroatoms. The maximum atomic E-state index is 5.46. The van der Waals surface area contributed by atoms with Crippen LogP contribution >= 0.6 is 0 Å². The number of hydrogen-bond acceptors (Lipinski definition) is 5. The highest BCUT2D eigenvalue weighted by atomic mass is 16.5. The maximum Gasteiger partial charge on any atom is 0.274 e. The van der Waals surface area contributed by atoms with E-state index in [-0.39, 0.29) is 5.92 Å². The van der Waals surface area contributed by atoms with Crippen molar-refractivity contribution in [1.29, 1.82) is 0 Å². The third-order valence-electron chi connectivity index (χ3n) is 4.21. The van der Waals surface area contributed by atoms with Crippen molar-refractivity contribution in [3.8, 4) is 17.3 Å². The monoisotopic (exact) mass is 299 g/mol. The second kappa shape index (κ2) is 5.14. The molecular formula is C16H17N3O3. The smallest absolute Gasteiger partial charge is 0.274 e. The molecule has 3 heterocycles. The van der Waals surface area contributed by atoms with Gasteiger partial charge in [-0.1, -0.05) is 5.16 Å². The molecule has 0 bridgehead atoms. The Kier molecular flexibility index (Phi) is 3.11. The summed E-state index contributed by atoms with van der Waals surface area (Å²) in [6.07, 6.45) is 0.950. The molecule has 3 aromatic rings. The second-order valence-electron chi connectivity index (χ2n) is 5.53. The van der Waals surface area contributed by atoms with Crippen LogP contribution in [0.25, 0.3) is 22.5 Å². The Morgan fingerprint density at radius 3 is 3.00 bits per heavy atom. The van der Waals surface area contributed by atoms with Crippen LogP contribution in [0.4, 0.5) is 0 Å². The molecule has 0 amide bonds. The van der Waals surface area contributed by atoms with Crippen LogP contribution in [0.3, 0.4) is 0 Å². The van der Waals surface area contributed by atoms with Gasteiger partial charge < -0.3 is 18.6 Å². The summed E-state index contributed by atoms with van der Waals surface area (Å²) in [5.74, 6) is 2.34. The maximum absolute atomic E-state index is 5.46. The number of benzene rings is 1. The highest BCUT2D eigenvalue weighted by molar-refractivity contribution is 5.86. The van der Waals surface area contributed by atoms with Gasteiger partial charge in [0.05, 0.1) is 19.2 Å². The zero-order chi connectivity index (χ0) is 15.1. The summed E-state index contributed by atoms with van der Waals surface area (Å²) in [6, 6.07) is 8.03. The SMILES string of the molecule is COc1ccc2cc(-c3nc([C@H]4CCOC4)no3)n(C)c2c1. The van der Waals surface area contributed by atoms with E-state index in [4.69, 9.17) is 14.0 Å². The van der Waals surface area contributed by atoms with Crippen LogP contribution in [-0.2, 0) is 11.8 Å². The van der Waals surface area contributed by atoms with Gasteiger partial charge in [-0.15, -0.1) is 0 Å². The number of methoxy groups -OCH3 is 1. The van der Waals surface area contributed by atoms with Crippen LogP contribution in [-0.4, -0.2) is 35.0 Å². The average molecular weight is 299 g/mol. The van der Waals surface area contributed by atoms with Crippen LogP contribution in [0.5, 0.6) is 5.75 Å². The summed E-state index contributed by atoms with van der Waals surface area (Å²) in [5.41, 5.74) is 1.97. The number of aryl methyl sites for hydroxylation is 1. The first-order valence-corrected chi connectivity index (χ1v) is 7.31. The molecule has 1 aliphatic rings. The molecule has 1 atom stereocenters. The van der Waals surface area contributed by atoms with Gasteiger partial charge >= 0.3 is 0 Å².